The summed E-state index contributed by atoms with van der Waals surface area (Å²) in [5, 5.41) is 12.1. The Morgan fingerprint density at radius 3 is 2.61 bits per heavy atom. The minimum absolute atomic E-state index is 0.00966. The van der Waals surface area contributed by atoms with Crippen molar-refractivity contribution in [3.8, 4) is 0 Å². The number of hydrogen-bond donors (Lipinski definition) is 3. The summed E-state index contributed by atoms with van der Waals surface area (Å²) in [5.41, 5.74) is 5.59. The first-order chi connectivity index (χ1) is 8.65. The SMILES string of the molecule is CCCC(CCN)CCC(=O)NCC1(CO)CC1. The highest BCUT2D eigenvalue weighted by atomic mass is 16.3. The van der Waals surface area contributed by atoms with Crippen molar-refractivity contribution in [1.82, 2.24) is 5.32 Å². The second-order valence-electron chi connectivity index (χ2n) is 5.71. The Kier molecular flexibility index (Phi) is 6.65. The fraction of sp³-hybridized carbons (Fsp3) is 0.929. The predicted molar refractivity (Wildman–Crippen MR) is 73.1 cm³/mol. The predicted octanol–water partition coefficient (Wildman–Crippen LogP) is 1.42. The van der Waals surface area contributed by atoms with Gasteiger partial charge in [0.25, 0.3) is 0 Å². The molecule has 0 aromatic rings. The molecule has 1 amide bonds. The lowest BCUT2D eigenvalue weighted by Gasteiger charge is -2.16. The number of aliphatic hydroxyl groups is 1. The van der Waals surface area contributed by atoms with Gasteiger partial charge >= 0.3 is 0 Å². The summed E-state index contributed by atoms with van der Waals surface area (Å²) in [6.07, 6.45) is 6.92. The lowest BCUT2D eigenvalue weighted by molar-refractivity contribution is -0.121. The summed E-state index contributed by atoms with van der Waals surface area (Å²) in [6.45, 7) is 3.71. The van der Waals surface area contributed by atoms with Crippen molar-refractivity contribution in [2.75, 3.05) is 19.7 Å². The highest BCUT2D eigenvalue weighted by Crippen LogP contribution is 2.44. The topological polar surface area (TPSA) is 75.4 Å². The molecular formula is C14H28N2O2. The van der Waals surface area contributed by atoms with E-state index >= 15 is 0 Å². The number of hydrogen-bond acceptors (Lipinski definition) is 3. The fourth-order valence-corrected chi connectivity index (χ4v) is 2.35. The van der Waals surface area contributed by atoms with E-state index < -0.39 is 0 Å². The van der Waals surface area contributed by atoms with Crippen LogP contribution in [0.4, 0.5) is 0 Å². The van der Waals surface area contributed by atoms with Crippen LogP contribution in [-0.4, -0.2) is 30.7 Å². The molecule has 1 atom stereocenters. The number of nitrogens with one attached hydrogen (secondary N) is 1. The lowest BCUT2D eigenvalue weighted by atomic mass is 9.94. The highest BCUT2D eigenvalue weighted by Gasteiger charge is 2.41. The Labute approximate surface area is 110 Å². The normalized spacial score (nSPS) is 18.4. The molecule has 1 unspecified atom stereocenters. The van der Waals surface area contributed by atoms with E-state index in [1.807, 2.05) is 0 Å². The number of rotatable bonds is 10. The second-order valence-corrected chi connectivity index (χ2v) is 5.71. The zero-order valence-electron chi connectivity index (χ0n) is 11.6. The fourth-order valence-electron chi connectivity index (χ4n) is 2.35. The molecule has 0 saturated heterocycles. The van der Waals surface area contributed by atoms with Gasteiger partial charge in [-0.1, -0.05) is 19.8 Å². The second kappa shape index (κ2) is 7.74. The van der Waals surface area contributed by atoms with Gasteiger partial charge in [0, 0.05) is 18.4 Å². The van der Waals surface area contributed by atoms with E-state index in [0.717, 1.165) is 38.5 Å². The van der Waals surface area contributed by atoms with Crippen molar-refractivity contribution < 1.29 is 9.90 Å². The molecule has 0 aliphatic heterocycles. The third-order valence-electron chi connectivity index (χ3n) is 4.00. The van der Waals surface area contributed by atoms with E-state index in [0.29, 0.717) is 25.4 Å². The summed E-state index contributed by atoms with van der Waals surface area (Å²) in [6, 6.07) is 0. The highest BCUT2D eigenvalue weighted by molar-refractivity contribution is 5.75. The van der Waals surface area contributed by atoms with Crippen LogP contribution in [0.15, 0.2) is 0 Å². The molecule has 4 nitrogen and oxygen atoms in total. The molecule has 0 radical (unpaired) electrons. The first kappa shape index (κ1) is 15.4. The van der Waals surface area contributed by atoms with Gasteiger partial charge in [-0.25, -0.2) is 0 Å². The third kappa shape index (κ3) is 5.36. The van der Waals surface area contributed by atoms with Crippen molar-refractivity contribution in [3.05, 3.63) is 0 Å². The van der Waals surface area contributed by atoms with E-state index in [1.54, 1.807) is 0 Å². The van der Waals surface area contributed by atoms with Gasteiger partial charge in [0.1, 0.15) is 0 Å². The number of aliphatic hydroxyl groups excluding tert-OH is 1. The van der Waals surface area contributed by atoms with E-state index in [2.05, 4.69) is 12.2 Å². The van der Waals surface area contributed by atoms with Crippen LogP contribution in [0.2, 0.25) is 0 Å². The Hall–Kier alpha value is -0.610. The third-order valence-corrected chi connectivity index (χ3v) is 4.00. The van der Waals surface area contributed by atoms with Crippen LogP contribution in [0.3, 0.4) is 0 Å². The molecule has 0 spiro atoms. The maximum Gasteiger partial charge on any atom is 0.220 e. The smallest absolute Gasteiger partial charge is 0.220 e. The van der Waals surface area contributed by atoms with Gasteiger partial charge in [-0.05, 0) is 38.1 Å². The van der Waals surface area contributed by atoms with Crippen LogP contribution < -0.4 is 11.1 Å². The van der Waals surface area contributed by atoms with E-state index in [1.165, 1.54) is 0 Å². The molecule has 1 aliphatic carbocycles. The average Bonchev–Trinajstić information content (AvgIpc) is 3.15. The van der Waals surface area contributed by atoms with Crippen LogP contribution in [0.25, 0.3) is 0 Å². The monoisotopic (exact) mass is 256 g/mol. The molecule has 0 aromatic heterocycles. The number of carbonyl (C=O) groups is 1. The van der Waals surface area contributed by atoms with Crippen LogP contribution in [0, 0.1) is 11.3 Å². The summed E-state index contributed by atoms with van der Waals surface area (Å²) >= 11 is 0. The van der Waals surface area contributed by atoms with Crippen molar-refractivity contribution in [2.45, 2.75) is 51.9 Å². The summed E-state index contributed by atoms with van der Waals surface area (Å²) in [4.78, 5) is 11.7. The van der Waals surface area contributed by atoms with E-state index in [9.17, 15) is 4.79 Å². The summed E-state index contributed by atoms with van der Waals surface area (Å²) < 4.78 is 0. The molecule has 1 aliphatic rings. The Morgan fingerprint density at radius 2 is 2.11 bits per heavy atom. The van der Waals surface area contributed by atoms with Crippen molar-refractivity contribution in [2.24, 2.45) is 17.1 Å². The maximum absolute atomic E-state index is 11.7. The molecule has 4 heteroatoms. The summed E-state index contributed by atoms with van der Waals surface area (Å²) in [7, 11) is 0. The largest absolute Gasteiger partial charge is 0.396 e. The maximum atomic E-state index is 11.7. The van der Waals surface area contributed by atoms with E-state index in [4.69, 9.17) is 10.8 Å². The van der Waals surface area contributed by atoms with Gasteiger partial charge in [0.15, 0.2) is 0 Å². The van der Waals surface area contributed by atoms with Gasteiger partial charge in [0.05, 0.1) is 6.61 Å². The van der Waals surface area contributed by atoms with Crippen molar-refractivity contribution in [3.63, 3.8) is 0 Å². The Bertz CT molecular complexity index is 246. The average molecular weight is 256 g/mol. The van der Waals surface area contributed by atoms with Crippen LogP contribution in [-0.2, 0) is 4.79 Å². The van der Waals surface area contributed by atoms with Gasteiger partial charge < -0.3 is 16.2 Å². The van der Waals surface area contributed by atoms with Gasteiger partial charge in [-0.3, -0.25) is 4.79 Å². The van der Waals surface area contributed by atoms with Gasteiger partial charge in [-0.15, -0.1) is 0 Å². The molecule has 1 saturated carbocycles. The minimum Gasteiger partial charge on any atom is -0.396 e. The number of amides is 1. The number of carbonyl (C=O) groups excluding carboxylic acids is 1. The molecule has 18 heavy (non-hydrogen) atoms. The lowest BCUT2D eigenvalue weighted by Crippen LogP contribution is -2.32. The number of nitrogens with two attached hydrogens (primary N) is 1. The standard InChI is InChI=1S/C14H28N2O2/c1-2-3-12(6-9-15)4-5-13(18)16-10-14(11-17)7-8-14/h12,17H,2-11,15H2,1H3,(H,16,18). The van der Waals surface area contributed by atoms with Crippen LogP contribution >= 0.6 is 0 Å². The van der Waals surface area contributed by atoms with Gasteiger partial charge in [0.2, 0.25) is 5.91 Å². The Morgan fingerprint density at radius 1 is 1.39 bits per heavy atom. The van der Waals surface area contributed by atoms with Crippen LogP contribution in [0.1, 0.15) is 51.9 Å². The first-order valence-electron chi connectivity index (χ1n) is 7.23. The van der Waals surface area contributed by atoms with Crippen LogP contribution in [0.5, 0.6) is 0 Å². The zero-order chi connectivity index (χ0) is 13.4. The quantitative estimate of drug-likeness (QED) is 0.553. The summed E-state index contributed by atoms with van der Waals surface area (Å²) in [5.74, 6) is 0.700. The molecule has 0 bridgehead atoms. The van der Waals surface area contributed by atoms with Crippen molar-refractivity contribution >= 4 is 5.91 Å². The Balaban J connectivity index is 2.14. The molecule has 0 heterocycles. The molecule has 1 rings (SSSR count). The molecule has 106 valence electrons. The molecular weight excluding hydrogens is 228 g/mol. The molecule has 0 aromatic carbocycles. The van der Waals surface area contributed by atoms with Gasteiger partial charge in [-0.2, -0.15) is 0 Å². The van der Waals surface area contributed by atoms with E-state index in [-0.39, 0.29) is 17.9 Å². The van der Waals surface area contributed by atoms with Crippen molar-refractivity contribution in [1.29, 1.82) is 0 Å². The zero-order valence-corrected chi connectivity index (χ0v) is 11.6. The molecule has 1 fully saturated rings. The molecule has 4 N–H and O–H groups in total. The first-order valence-corrected chi connectivity index (χ1v) is 7.23. The minimum atomic E-state index is 0.00966.